The Labute approximate surface area is 202 Å². The van der Waals surface area contributed by atoms with E-state index in [9.17, 15) is 14.0 Å². The first kappa shape index (κ1) is 24.4. The molecule has 1 saturated heterocycles. The molecule has 0 bridgehead atoms. The predicted molar refractivity (Wildman–Crippen MR) is 124 cm³/mol. The number of rotatable bonds is 5. The van der Waals surface area contributed by atoms with E-state index in [4.69, 9.17) is 14.0 Å². The van der Waals surface area contributed by atoms with Crippen LogP contribution in [0.5, 0.6) is 0 Å². The molecule has 3 heterocycles. The van der Waals surface area contributed by atoms with E-state index in [-0.39, 0.29) is 30.1 Å². The second-order valence-electron chi connectivity index (χ2n) is 9.41. The number of ether oxygens (including phenoxy) is 2. The van der Waals surface area contributed by atoms with Crippen LogP contribution in [-0.2, 0) is 9.47 Å². The number of esters is 1. The van der Waals surface area contributed by atoms with Crippen molar-refractivity contribution in [1.82, 2.24) is 19.8 Å². The van der Waals surface area contributed by atoms with Crippen molar-refractivity contribution in [2.75, 3.05) is 19.7 Å². The molecule has 10 heteroatoms. The fraction of sp³-hybridized carbons (Fsp3) is 0.440. The Balaban J connectivity index is 1.63. The van der Waals surface area contributed by atoms with Crippen LogP contribution < -0.4 is 0 Å². The first-order valence-corrected chi connectivity index (χ1v) is 11.6. The maximum absolute atomic E-state index is 13.3. The zero-order valence-corrected chi connectivity index (χ0v) is 20.2. The number of aromatic nitrogens is 3. The second-order valence-corrected chi connectivity index (χ2v) is 9.41. The first-order valence-electron chi connectivity index (χ1n) is 11.6. The van der Waals surface area contributed by atoms with Crippen molar-refractivity contribution in [3.8, 4) is 11.3 Å². The molecular weight excluding hydrogens is 455 g/mol. The van der Waals surface area contributed by atoms with E-state index in [0.29, 0.717) is 36.5 Å². The first-order chi connectivity index (χ1) is 16.6. The summed E-state index contributed by atoms with van der Waals surface area (Å²) in [5, 5.41) is 8.61. The highest BCUT2D eigenvalue weighted by atomic mass is 19.1. The van der Waals surface area contributed by atoms with E-state index in [1.807, 2.05) is 20.8 Å². The van der Waals surface area contributed by atoms with E-state index in [1.165, 1.54) is 12.1 Å². The Hall–Kier alpha value is -3.69. The number of benzene rings is 1. The third-order valence-electron chi connectivity index (χ3n) is 5.69. The average Bonchev–Trinajstić information content (AvgIpc) is 3.49. The Kier molecular flexibility index (Phi) is 6.90. The van der Waals surface area contributed by atoms with Crippen LogP contribution in [0.3, 0.4) is 0 Å². The lowest BCUT2D eigenvalue weighted by atomic mass is 9.89. The van der Waals surface area contributed by atoms with E-state index in [0.717, 1.165) is 0 Å². The maximum atomic E-state index is 13.3. The summed E-state index contributed by atoms with van der Waals surface area (Å²) in [5.41, 5.74) is 0.856. The molecule has 2 atom stereocenters. The second kappa shape index (κ2) is 9.89. The summed E-state index contributed by atoms with van der Waals surface area (Å²) in [6.45, 7) is 8.21. The number of piperidine rings is 1. The van der Waals surface area contributed by atoms with Crippen LogP contribution in [0, 0.1) is 5.82 Å². The van der Waals surface area contributed by atoms with Gasteiger partial charge < -0.3 is 18.9 Å². The van der Waals surface area contributed by atoms with Crippen LogP contribution >= 0.6 is 0 Å². The van der Waals surface area contributed by atoms with Crippen molar-refractivity contribution in [2.45, 2.75) is 51.7 Å². The molecule has 1 aliphatic rings. The van der Waals surface area contributed by atoms with Crippen molar-refractivity contribution in [2.24, 2.45) is 0 Å². The van der Waals surface area contributed by atoms with Crippen LogP contribution in [-0.4, -0.2) is 57.2 Å². The van der Waals surface area contributed by atoms with Crippen molar-refractivity contribution in [3.05, 3.63) is 59.9 Å². The molecule has 186 valence electrons. The van der Waals surface area contributed by atoms with Crippen LogP contribution in [0.2, 0.25) is 0 Å². The van der Waals surface area contributed by atoms with Gasteiger partial charge in [0.2, 0.25) is 0 Å². The maximum Gasteiger partial charge on any atom is 0.410 e. The van der Waals surface area contributed by atoms with Gasteiger partial charge in [0.05, 0.1) is 18.6 Å². The number of likely N-dealkylation sites (tertiary alicyclic amines) is 1. The van der Waals surface area contributed by atoms with Crippen molar-refractivity contribution >= 4 is 12.1 Å². The van der Waals surface area contributed by atoms with Gasteiger partial charge in [-0.3, -0.25) is 4.68 Å². The van der Waals surface area contributed by atoms with E-state index in [1.54, 1.807) is 47.0 Å². The van der Waals surface area contributed by atoms with Gasteiger partial charge in [-0.05, 0) is 64.4 Å². The third-order valence-corrected chi connectivity index (χ3v) is 5.69. The van der Waals surface area contributed by atoms with E-state index in [2.05, 4.69) is 10.3 Å². The molecule has 9 nitrogen and oxygen atoms in total. The van der Waals surface area contributed by atoms with Gasteiger partial charge in [-0.25, -0.2) is 14.0 Å². The number of carbonyl (C=O) groups excluding carboxylic acids is 2. The summed E-state index contributed by atoms with van der Waals surface area (Å²) in [5.74, 6) is -0.593. The lowest BCUT2D eigenvalue weighted by Gasteiger charge is -2.38. The average molecular weight is 485 g/mol. The topological polar surface area (TPSA) is 99.7 Å². The van der Waals surface area contributed by atoms with Gasteiger partial charge in [-0.15, -0.1) is 0 Å². The highest BCUT2D eigenvalue weighted by molar-refractivity contribution is 5.87. The molecule has 4 rings (SSSR count). The fourth-order valence-electron chi connectivity index (χ4n) is 4.09. The minimum Gasteiger partial charge on any atom is -0.461 e. The lowest BCUT2D eigenvalue weighted by molar-refractivity contribution is 0.0144. The van der Waals surface area contributed by atoms with Crippen LogP contribution in [0.1, 0.15) is 62.3 Å². The zero-order valence-electron chi connectivity index (χ0n) is 20.2. The number of amides is 1. The van der Waals surface area contributed by atoms with Gasteiger partial charge in [0, 0.05) is 30.9 Å². The van der Waals surface area contributed by atoms with Crippen LogP contribution in [0.4, 0.5) is 9.18 Å². The summed E-state index contributed by atoms with van der Waals surface area (Å²) in [4.78, 5) is 26.6. The molecular formula is C25H29FN4O5. The molecule has 1 amide bonds. The summed E-state index contributed by atoms with van der Waals surface area (Å²) in [7, 11) is 0. The molecule has 0 aliphatic carbocycles. The quantitative estimate of drug-likeness (QED) is 0.479. The van der Waals surface area contributed by atoms with Crippen molar-refractivity contribution < 1.29 is 28.0 Å². The molecule has 0 N–H and O–H groups in total. The molecule has 2 aromatic heterocycles. The minimum atomic E-state index is -0.623. The van der Waals surface area contributed by atoms with Gasteiger partial charge in [0.1, 0.15) is 22.9 Å². The minimum absolute atomic E-state index is 0.203. The monoisotopic (exact) mass is 484 g/mol. The summed E-state index contributed by atoms with van der Waals surface area (Å²) in [6.07, 6.45) is 1.87. The molecule has 1 fully saturated rings. The van der Waals surface area contributed by atoms with Crippen molar-refractivity contribution in [1.29, 1.82) is 0 Å². The van der Waals surface area contributed by atoms with Crippen molar-refractivity contribution in [3.63, 3.8) is 0 Å². The van der Waals surface area contributed by atoms with Gasteiger partial charge in [0.25, 0.3) is 0 Å². The Morgan fingerprint density at radius 1 is 1.20 bits per heavy atom. The molecule has 0 saturated carbocycles. The highest BCUT2D eigenvalue weighted by Crippen LogP contribution is 2.38. The number of hydrogen-bond acceptors (Lipinski definition) is 7. The highest BCUT2D eigenvalue weighted by Gasteiger charge is 2.38. The molecule has 1 aromatic carbocycles. The summed E-state index contributed by atoms with van der Waals surface area (Å²) < 4.78 is 31.4. The van der Waals surface area contributed by atoms with Crippen LogP contribution in [0.15, 0.2) is 47.1 Å². The van der Waals surface area contributed by atoms with E-state index < -0.39 is 17.7 Å². The molecule has 0 radical (unpaired) electrons. The van der Waals surface area contributed by atoms with Gasteiger partial charge in [0.15, 0.2) is 5.69 Å². The number of halogens is 1. The smallest absolute Gasteiger partial charge is 0.410 e. The Morgan fingerprint density at radius 2 is 1.94 bits per heavy atom. The Morgan fingerprint density at radius 3 is 2.63 bits per heavy atom. The number of carbonyl (C=O) groups is 2. The predicted octanol–water partition coefficient (Wildman–Crippen LogP) is 4.82. The number of hydrogen-bond donors (Lipinski definition) is 0. The molecule has 35 heavy (non-hydrogen) atoms. The van der Waals surface area contributed by atoms with Gasteiger partial charge >= 0.3 is 12.1 Å². The SMILES string of the molecule is CCOC(=O)c1ccn(C2CCN(C(=O)OC(C)(C)C)CC2c2cc(-c3ccc(F)cc3)no2)n1. The molecule has 1 aliphatic heterocycles. The molecule has 3 aromatic rings. The third kappa shape index (κ3) is 5.70. The van der Waals surface area contributed by atoms with Crippen LogP contribution in [0.25, 0.3) is 11.3 Å². The number of nitrogens with zero attached hydrogens (tertiary/aromatic N) is 4. The van der Waals surface area contributed by atoms with E-state index >= 15 is 0 Å². The van der Waals surface area contributed by atoms with Gasteiger partial charge in [-0.1, -0.05) is 5.16 Å². The summed E-state index contributed by atoms with van der Waals surface area (Å²) >= 11 is 0. The lowest BCUT2D eigenvalue weighted by Crippen LogP contribution is -2.45. The zero-order chi connectivity index (χ0) is 25.2. The summed E-state index contributed by atoms with van der Waals surface area (Å²) in [6, 6.07) is 9.17. The fourth-order valence-corrected chi connectivity index (χ4v) is 4.09. The standard InChI is InChI=1S/C25H29FN4O5/c1-5-33-23(31)19-10-13-30(27-19)21-11-12-29(24(32)34-25(2,3)4)15-18(21)22-14-20(28-35-22)16-6-8-17(26)9-7-16/h6-10,13-14,18,21H,5,11-12,15H2,1-4H3. The molecule has 2 unspecified atom stereocenters. The normalized spacial score (nSPS) is 18.4. The molecule has 0 spiro atoms. The van der Waals surface area contributed by atoms with Gasteiger partial charge in [-0.2, -0.15) is 5.10 Å². The Bertz CT molecular complexity index is 1180. The largest absolute Gasteiger partial charge is 0.461 e.